The van der Waals surface area contributed by atoms with E-state index in [1.807, 2.05) is 24.6 Å². The van der Waals surface area contributed by atoms with Gasteiger partial charge in [0.2, 0.25) is 0 Å². The van der Waals surface area contributed by atoms with Gasteiger partial charge in [0.25, 0.3) is 0 Å². The van der Waals surface area contributed by atoms with Crippen molar-refractivity contribution in [1.29, 1.82) is 0 Å². The number of thiophene rings is 1. The van der Waals surface area contributed by atoms with Gasteiger partial charge in [0, 0.05) is 7.05 Å². The van der Waals surface area contributed by atoms with Gasteiger partial charge >= 0.3 is 0 Å². The van der Waals surface area contributed by atoms with E-state index in [9.17, 15) is 0 Å². The molecule has 0 unspecified atom stereocenters. The molecule has 1 aromatic rings. The van der Waals surface area contributed by atoms with Crippen LogP contribution < -0.4 is 5.32 Å². The summed E-state index contributed by atoms with van der Waals surface area (Å²) in [6.45, 7) is 0. The molecule has 1 heterocycles. The predicted octanol–water partition coefficient (Wildman–Crippen LogP) is 1.79. The Morgan fingerprint density at radius 1 is 1.71 bits per heavy atom. The van der Waals surface area contributed by atoms with Gasteiger partial charge in [-0.3, -0.25) is 0 Å². The maximum atomic E-state index is 3.03. The second kappa shape index (κ2) is 1.98. The molecule has 0 aliphatic rings. The molecule has 0 aliphatic heterocycles. The van der Waals surface area contributed by atoms with E-state index in [1.165, 1.54) is 5.00 Å². The summed E-state index contributed by atoms with van der Waals surface area (Å²) >= 11 is 1.71. The molecule has 0 spiro atoms. The third-order valence-electron chi connectivity index (χ3n) is 0.768. The first kappa shape index (κ1) is 4.65. The van der Waals surface area contributed by atoms with Gasteiger partial charge in [0.1, 0.15) is 0 Å². The number of hydrogen-bond donors (Lipinski definition) is 1. The van der Waals surface area contributed by atoms with Crippen LogP contribution >= 0.6 is 11.3 Å². The summed E-state index contributed by atoms with van der Waals surface area (Å²) in [5, 5.41) is 6.30. The van der Waals surface area contributed by atoms with Gasteiger partial charge in [-0.25, -0.2) is 0 Å². The third kappa shape index (κ3) is 0.933. The van der Waals surface area contributed by atoms with Crippen LogP contribution in [0, 0.1) is 0 Å². The first-order valence-corrected chi connectivity index (χ1v) is 3.02. The molecule has 0 amide bonds. The fourth-order valence-corrected chi connectivity index (χ4v) is 1.000. The normalized spacial score (nSPS) is 8.71. The van der Waals surface area contributed by atoms with E-state index in [0.717, 1.165) is 0 Å². The van der Waals surface area contributed by atoms with Crippen LogP contribution in [0.4, 0.5) is 5.00 Å². The molecule has 0 saturated heterocycles. The van der Waals surface area contributed by atoms with E-state index in [1.54, 1.807) is 11.3 Å². The Hall–Kier alpha value is -0.500. The van der Waals surface area contributed by atoms with Gasteiger partial charge in [-0.05, 0) is 17.5 Å². The number of hydrogen-bond acceptors (Lipinski definition) is 2. The first-order valence-electron chi connectivity index (χ1n) is 2.15. The maximum absolute atomic E-state index is 3.03. The quantitative estimate of drug-likeness (QED) is 0.585. The molecular weight excluding hydrogens is 106 g/mol. The number of nitrogens with one attached hydrogen (secondary N) is 1. The minimum atomic E-state index is 1.22. The van der Waals surface area contributed by atoms with Gasteiger partial charge in [-0.1, -0.05) is 0 Å². The van der Waals surface area contributed by atoms with Crippen LogP contribution in [0.15, 0.2) is 17.5 Å². The smallest absolute Gasteiger partial charge is 0.0879 e. The van der Waals surface area contributed by atoms with Crippen LogP contribution in [-0.2, 0) is 0 Å². The average Bonchev–Trinajstić information content (AvgIpc) is 2.14. The zero-order valence-electron chi connectivity index (χ0n) is 4.14. The van der Waals surface area contributed by atoms with E-state index in [0.29, 0.717) is 0 Å². The Balaban J connectivity index is 2.76. The third-order valence-corrected chi connectivity index (χ3v) is 1.65. The Morgan fingerprint density at radius 2 is 2.57 bits per heavy atom. The molecule has 0 aliphatic carbocycles. The van der Waals surface area contributed by atoms with Crippen LogP contribution in [0.25, 0.3) is 0 Å². The van der Waals surface area contributed by atoms with Gasteiger partial charge in [0.05, 0.1) is 5.00 Å². The highest BCUT2D eigenvalue weighted by Gasteiger charge is 1.80. The van der Waals surface area contributed by atoms with Gasteiger partial charge in [0.15, 0.2) is 0 Å². The minimum absolute atomic E-state index is 1.22. The standard InChI is InChI=1S/C5H7NS/c1-6-5-3-2-4-7-5/h2-4,6H,1H3. The van der Waals surface area contributed by atoms with Crippen molar-refractivity contribution < 1.29 is 0 Å². The topological polar surface area (TPSA) is 12.0 Å². The van der Waals surface area contributed by atoms with E-state index >= 15 is 0 Å². The summed E-state index contributed by atoms with van der Waals surface area (Å²) in [6.07, 6.45) is 0. The summed E-state index contributed by atoms with van der Waals surface area (Å²) in [6, 6.07) is 4.07. The van der Waals surface area contributed by atoms with E-state index in [4.69, 9.17) is 0 Å². The van der Waals surface area contributed by atoms with E-state index in [2.05, 4.69) is 5.32 Å². The fourth-order valence-electron chi connectivity index (χ4n) is 0.421. The molecule has 0 bridgehead atoms. The lowest BCUT2D eigenvalue weighted by molar-refractivity contribution is 1.60. The van der Waals surface area contributed by atoms with Crippen molar-refractivity contribution in [2.75, 3.05) is 12.4 Å². The molecule has 7 heavy (non-hydrogen) atoms. The maximum Gasteiger partial charge on any atom is 0.0879 e. The minimum Gasteiger partial charge on any atom is -0.380 e. The van der Waals surface area contributed by atoms with Gasteiger partial charge in [-0.15, -0.1) is 11.3 Å². The molecule has 2 heteroatoms. The van der Waals surface area contributed by atoms with Crippen molar-refractivity contribution in [3.8, 4) is 0 Å². The van der Waals surface area contributed by atoms with Crippen molar-refractivity contribution in [1.82, 2.24) is 0 Å². The van der Waals surface area contributed by atoms with Crippen molar-refractivity contribution in [3.05, 3.63) is 17.5 Å². The highest BCUT2D eigenvalue weighted by Crippen LogP contribution is 2.12. The SMILES string of the molecule is CNc1cccs1. The summed E-state index contributed by atoms with van der Waals surface area (Å²) in [4.78, 5) is 0. The second-order valence-electron chi connectivity index (χ2n) is 1.23. The lowest BCUT2D eigenvalue weighted by atomic mass is 10.6. The van der Waals surface area contributed by atoms with E-state index < -0.39 is 0 Å². The molecule has 0 fully saturated rings. The lowest BCUT2D eigenvalue weighted by Crippen LogP contribution is -1.79. The molecule has 38 valence electrons. The molecule has 0 atom stereocenters. The summed E-state index contributed by atoms with van der Waals surface area (Å²) in [5.74, 6) is 0. The van der Waals surface area contributed by atoms with E-state index in [-0.39, 0.29) is 0 Å². The molecule has 0 saturated carbocycles. The Labute approximate surface area is 47.0 Å². The fraction of sp³-hybridized carbons (Fsp3) is 0.200. The Morgan fingerprint density at radius 3 is 2.86 bits per heavy atom. The zero-order valence-corrected chi connectivity index (χ0v) is 4.96. The van der Waals surface area contributed by atoms with Crippen LogP contribution in [-0.4, -0.2) is 7.05 Å². The highest BCUT2D eigenvalue weighted by atomic mass is 32.1. The monoisotopic (exact) mass is 113 g/mol. The highest BCUT2D eigenvalue weighted by molar-refractivity contribution is 7.14. The average molecular weight is 113 g/mol. The lowest BCUT2D eigenvalue weighted by Gasteiger charge is -1.85. The summed E-state index contributed by atoms with van der Waals surface area (Å²) in [5.41, 5.74) is 0. The van der Waals surface area contributed by atoms with Crippen LogP contribution in [0.3, 0.4) is 0 Å². The molecule has 1 N–H and O–H groups in total. The Kier molecular flexibility index (Phi) is 1.32. The molecular formula is C5H7NS. The van der Waals surface area contributed by atoms with Gasteiger partial charge in [-0.2, -0.15) is 0 Å². The molecule has 0 radical (unpaired) electrons. The summed E-state index contributed by atoms with van der Waals surface area (Å²) < 4.78 is 0. The molecule has 1 rings (SSSR count). The van der Waals surface area contributed by atoms with Crippen molar-refractivity contribution in [2.45, 2.75) is 0 Å². The van der Waals surface area contributed by atoms with Crippen LogP contribution in [0.2, 0.25) is 0 Å². The van der Waals surface area contributed by atoms with Gasteiger partial charge < -0.3 is 5.32 Å². The van der Waals surface area contributed by atoms with Crippen molar-refractivity contribution >= 4 is 16.3 Å². The van der Waals surface area contributed by atoms with Crippen molar-refractivity contribution in [2.24, 2.45) is 0 Å². The number of anilines is 1. The molecule has 0 aromatic carbocycles. The zero-order chi connectivity index (χ0) is 5.11. The first-order chi connectivity index (χ1) is 3.43. The van der Waals surface area contributed by atoms with Crippen molar-refractivity contribution in [3.63, 3.8) is 0 Å². The largest absolute Gasteiger partial charge is 0.380 e. The second-order valence-corrected chi connectivity index (χ2v) is 2.17. The molecule has 1 aromatic heterocycles. The van der Waals surface area contributed by atoms with Crippen LogP contribution in [0.1, 0.15) is 0 Å². The summed E-state index contributed by atoms with van der Waals surface area (Å²) in [7, 11) is 1.92. The Bertz CT molecular complexity index is 123. The van der Waals surface area contributed by atoms with Crippen LogP contribution in [0.5, 0.6) is 0 Å². The predicted molar refractivity (Wildman–Crippen MR) is 33.9 cm³/mol. The number of rotatable bonds is 1. The molecule has 1 nitrogen and oxygen atoms in total.